The molecule has 2 bridgehead atoms. The Kier molecular flexibility index (Phi) is 9.92. The van der Waals surface area contributed by atoms with Gasteiger partial charge in [0.15, 0.2) is 5.96 Å². The van der Waals surface area contributed by atoms with Crippen LogP contribution in [0.15, 0.2) is 27.8 Å². The highest BCUT2D eigenvalue weighted by atomic mass is 127. The zero-order chi connectivity index (χ0) is 21.6. The number of hydrogen-bond acceptors (Lipinski definition) is 5. The maximum absolute atomic E-state index is 12.7. The standard InChI is InChI=1S/C22H36N4O4.HI/c1-22(2,3)30-21(27)26-17-7-8-18(26)15-16(14-17)25-20(24-11-13-28-4)23-10-9-19-6-5-12-29-19;/h5-6,12,16-18H,7-11,13-15H2,1-4H3,(H2,23,24,25);1H. The Bertz CT molecular complexity index is 691. The number of halogens is 1. The fraction of sp³-hybridized carbons (Fsp3) is 0.727. The molecule has 1 aromatic heterocycles. The molecule has 2 fully saturated rings. The maximum Gasteiger partial charge on any atom is 0.410 e. The molecule has 176 valence electrons. The Morgan fingerprint density at radius 1 is 1.29 bits per heavy atom. The van der Waals surface area contributed by atoms with Crippen molar-refractivity contribution in [3.63, 3.8) is 0 Å². The SMILES string of the molecule is COCCN=C(NCCc1ccco1)NC1CC2CCC(C1)N2C(=O)OC(C)(C)C.I. The Hall–Kier alpha value is -1.49. The predicted octanol–water partition coefficient (Wildman–Crippen LogP) is 3.55. The van der Waals surface area contributed by atoms with Crippen LogP contribution in [0.5, 0.6) is 0 Å². The van der Waals surface area contributed by atoms with E-state index in [0.717, 1.165) is 50.4 Å². The van der Waals surface area contributed by atoms with Crippen LogP contribution in [0.2, 0.25) is 0 Å². The molecular formula is C22H37IN4O4. The van der Waals surface area contributed by atoms with Gasteiger partial charge in [0.25, 0.3) is 0 Å². The van der Waals surface area contributed by atoms with Gasteiger partial charge >= 0.3 is 6.09 Å². The molecule has 2 atom stereocenters. The highest BCUT2D eigenvalue weighted by molar-refractivity contribution is 14.0. The lowest BCUT2D eigenvalue weighted by atomic mass is 9.98. The number of amides is 1. The third-order valence-electron chi connectivity index (χ3n) is 5.49. The molecule has 0 aromatic carbocycles. The number of nitrogens with zero attached hydrogens (tertiary/aromatic N) is 2. The Labute approximate surface area is 202 Å². The van der Waals surface area contributed by atoms with Gasteiger partial charge in [-0.2, -0.15) is 0 Å². The van der Waals surface area contributed by atoms with Crippen LogP contribution in [0.1, 0.15) is 52.2 Å². The van der Waals surface area contributed by atoms with Crippen LogP contribution in [0.4, 0.5) is 4.79 Å². The summed E-state index contributed by atoms with van der Waals surface area (Å²) in [5, 5.41) is 6.97. The third-order valence-corrected chi connectivity index (χ3v) is 5.49. The van der Waals surface area contributed by atoms with Crippen LogP contribution in [-0.4, -0.2) is 67.5 Å². The van der Waals surface area contributed by atoms with Gasteiger partial charge in [-0.1, -0.05) is 0 Å². The van der Waals surface area contributed by atoms with Crippen molar-refractivity contribution in [2.75, 3.05) is 26.8 Å². The monoisotopic (exact) mass is 548 g/mol. The molecule has 2 N–H and O–H groups in total. The lowest BCUT2D eigenvalue weighted by molar-refractivity contribution is 0.00545. The fourth-order valence-corrected chi connectivity index (χ4v) is 4.26. The number of rotatable bonds is 7. The van der Waals surface area contributed by atoms with E-state index in [1.165, 1.54) is 0 Å². The first-order chi connectivity index (χ1) is 14.4. The van der Waals surface area contributed by atoms with Gasteiger partial charge in [-0.15, -0.1) is 24.0 Å². The topological polar surface area (TPSA) is 88.3 Å². The normalized spacial score (nSPS) is 23.3. The predicted molar refractivity (Wildman–Crippen MR) is 131 cm³/mol. The first-order valence-electron chi connectivity index (χ1n) is 10.9. The van der Waals surface area contributed by atoms with E-state index in [1.807, 2.05) is 37.8 Å². The third kappa shape index (κ3) is 7.85. The van der Waals surface area contributed by atoms with Crippen LogP contribution in [0.25, 0.3) is 0 Å². The molecule has 1 amide bonds. The molecule has 0 saturated carbocycles. The second-order valence-electron chi connectivity index (χ2n) is 9.06. The number of guanidine groups is 1. The summed E-state index contributed by atoms with van der Waals surface area (Å²) < 4.78 is 16.2. The summed E-state index contributed by atoms with van der Waals surface area (Å²) in [5.41, 5.74) is -0.468. The zero-order valence-corrected chi connectivity index (χ0v) is 21.4. The van der Waals surface area contributed by atoms with Crippen LogP contribution in [0, 0.1) is 0 Å². The summed E-state index contributed by atoms with van der Waals surface area (Å²) >= 11 is 0. The molecule has 2 saturated heterocycles. The largest absolute Gasteiger partial charge is 0.469 e. The number of hydrogen-bond donors (Lipinski definition) is 2. The molecule has 0 spiro atoms. The number of furan rings is 1. The van der Waals surface area contributed by atoms with E-state index in [9.17, 15) is 4.79 Å². The first kappa shape index (κ1) is 25.8. The molecule has 2 unspecified atom stereocenters. The van der Waals surface area contributed by atoms with Gasteiger partial charge in [-0.05, 0) is 58.6 Å². The van der Waals surface area contributed by atoms with E-state index in [2.05, 4.69) is 15.6 Å². The molecule has 31 heavy (non-hydrogen) atoms. The Morgan fingerprint density at radius 2 is 2.00 bits per heavy atom. The minimum Gasteiger partial charge on any atom is -0.469 e. The van der Waals surface area contributed by atoms with Gasteiger partial charge in [0, 0.05) is 38.2 Å². The zero-order valence-electron chi connectivity index (χ0n) is 19.1. The van der Waals surface area contributed by atoms with Gasteiger partial charge in [0.05, 0.1) is 19.4 Å². The van der Waals surface area contributed by atoms with Crippen molar-refractivity contribution >= 4 is 36.0 Å². The average molecular weight is 548 g/mol. The number of carbonyl (C=O) groups excluding carboxylic acids is 1. The van der Waals surface area contributed by atoms with E-state index in [4.69, 9.17) is 13.9 Å². The highest BCUT2D eigenvalue weighted by Gasteiger charge is 2.45. The number of ether oxygens (including phenoxy) is 2. The van der Waals surface area contributed by atoms with Gasteiger partial charge < -0.3 is 29.4 Å². The summed E-state index contributed by atoms with van der Waals surface area (Å²) in [4.78, 5) is 19.3. The minimum atomic E-state index is -0.468. The summed E-state index contributed by atoms with van der Waals surface area (Å²) in [6.07, 6.45) is 6.17. The second kappa shape index (κ2) is 11.9. The van der Waals surface area contributed by atoms with Crippen molar-refractivity contribution in [1.82, 2.24) is 15.5 Å². The number of nitrogens with one attached hydrogen (secondary N) is 2. The van der Waals surface area contributed by atoms with E-state index in [-0.39, 0.29) is 48.2 Å². The quantitative estimate of drug-likeness (QED) is 0.235. The molecule has 2 aliphatic rings. The number of methoxy groups -OCH3 is 1. The van der Waals surface area contributed by atoms with E-state index in [1.54, 1.807) is 13.4 Å². The van der Waals surface area contributed by atoms with Gasteiger partial charge in [-0.25, -0.2) is 4.79 Å². The van der Waals surface area contributed by atoms with Crippen LogP contribution < -0.4 is 10.6 Å². The molecule has 9 heteroatoms. The molecule has 3 rings (SSSR count). The highest BCUT2D eigenvalue weighted by Crippen LogP contribution is 2.36. The van der Waals surface area contributed by atoms with Gasteiger partial charge in [0.2, 0.25) is 0 Å². The van der Waals surface area contributed by atoms with Crippen LogP contribution in [-0.2, 0) is 15.9 Å². The average Bonchev–Trinajstić information content (AvgIpc) is 3.27. The molecular weight excluding hydrogens is 511 g/mol. The lowest BCUT2D eigenvalue weighted by Gasteiger charge is -2.40. The Morgan fingerprint density at radius 3 is 2.58 bits per heavy atom. The summed E-state index contributed by atoms with van der Waals surface area (Å²) in [6, 6.07) is 4.59. The van der Waals surface area contributed by atoms with Crippen LogP contribution in [0.3, 0.4) is 0 Å². The summed E-state index contributed by atoms with van der Waals surface area (Å²) in [7, 11) is 1.68. The van der Waals surface area contributed by atoms with Crippen molar-refractivity contribution in [3.05, 3.63) is 24.2 Å². The van der Waals surface area contributed by atoms with Crippen LogP contribution >= 0.6 is 24.0 Å². The van der Waals surface area contributed by atoms with Crippen molar-refractivity contribution in [3.8, 4) is 0 Å². The molecule has 0 radical (unpaired) electrons. The number of piperidine rings is 1. The lowest BCUT2D eigenvalue weighted by Crippen LogP contribution is -2.55. The molecule has 8 nitrogen and oxygen atoms in total. The van der Waals surface area contributed by atoms with Gasteiger partial charge in [-0.3, -0.25) is 4.99 Å². The maximum atomic E-state index is 12.7. The van der Waals surface area contributed by atoms with E-state index in [0.29, 0.717) is 13.2 Å². The van der Waals surface area contributed by atoms with Crippen molar-refractivity contribution in [2.45, 2.75) is 76.6 Å². The number of carbonyl (C=O) groups is 1. The summed E-state index contributed by atoms with van der Waals surface area (Å²) in [6.45, 7) is 7.65. The van der Waals surface area contributed by atoms with Crippen molar-refractivity contribution in [1.29, 1.82) is 0 Å². The number of fused-ring (bicyclic) bond motifs is 2. The minimum absolute atomic E-state index is 0. The van der Waals surface area contributed by atoms with Crippen molar-refractivity contribution in [2.24, 2.45) is 4.99 Å². The molecule has 3 heterocycles. The molecule has 1 aromatic rings. The summed E-state index contributed by atoms with van der Waals surface area (Å²) in [5.74, 6) is 1.73. The van der Waals surface area contributed by atoms with Gasteiger partial charge in [0.1, 0.15) is 11.4 Å². The fourth-order valence-electron chi connectivity index (χ4n) is 4.26. The first-order valence-corrected chi connectivity index (χ1v) is 10.9. The molecule has 0 aliphatic carbocycles. The van der Waals surface area contributed by atoms with E-state index < -0.39 is 5.60 Å². The smallest absolute Gasteiger partial charge is 0.410 e. The van der Waals surface area contributed by atoms with E-state index >= 15 is 0 Å². The van der Waals surface area contributed by atoms with Crippen molar-refractivity contribution < 1.29 is 18.7 Å². The second-order valence-corrected chi connectivity index (χ2v) is 9.06. The molecule has 2 aliphatic heterocycles. The number of aliphatic imine (C=N–C) groups is 1. The Balaban J connectivity index is 0.00000341.